The highest BCUT2D eigenvalue weighted by Crippen LogP contribution is 2.25. The van der Waals surface area contributed by atoms with Crippen LogP contribution in [0.15, 0.2) is 47.1 Å². The van der Waals surface area contributed by atoms with Crippen LogP contribution >= 0.6 is 0 Å². The summed E-state index contributed by atoms with van der Waals surface area (Å²) in [6.07, 6.45) is -0.783. The fourth-order valence-corrected chi connectivity index (χ4v) is 2.35. The van der Waals surface area contributed by atoms with Crippen molar-refractivity contribution in [1.82, 2.24) is 15.1 Å². The van der Waals surface area contributed by atoms with Crippen molar-refractivity contribution in [2.75, 3.05) is 6.61 Å². The summed E-state index contributed by atoms with van der Waals surface area (Å²) in [5.74, 6) is 0.980. The molecule has 3 N–H and O–H groups in total. The van der Waals surface area contributed by atoms with Crippen LogP contribution in [0.5, 0.6) is 17.4 Å². The molecule has 3 aromatic rings. The molecule has 0 spiro atoms. The fourth-order valence-electron chi connectivity index (χ4n) is 2.35. The van der Waals surface area contributed by atoms with Gasteiger partial charge in [-0.15, -0.1) is 0 Å². The first-order valence-electron chi connectivity index (χ1n) is 8.51. The molecule has 12 heteroatoms. The van der Waals surface area contributed by atoms with Crippen molar-refractivity contribution in [3.63, 3.8) is 0 Å². The Bertz CT molecular complexity index is 966. The number of ether oxygens (including phenoxy) is 3. The normalized spacial score (nSPS) is 11.9. The highest BCUT2D eigenvalue weighted by Gasteiger charge is 2.17. The molecular formula is C18H16F2N4O6. The summed E-state index contributed by atoms with van der Waals surface area (Å²) in [4.78, 5) is 18.8. The van der Waals surface area contributed by atoms with Gasteiger partial charge in [-0.2, -0.15) is 13.8 Å². The van der Waals surface area contributed by atoms with Crippen molar-refractivity contribution in [2.24, 2.45) is 5.73 Å². The van der Waals surface area contributed by atoms with Crippen molar-refractivity contribution in [1.29, 1.82) is 0 Å². The number of benzene rings is 1. The molecule has 30 heavy (non-hydrogen) atoms. The molecular weight excluding hydrogens is 406 g/mol. The monoisotopic (exact) mass is 422 g/mol. The van der Waals surface area contributed by atoms with Crippen LogP contribution in [0.4, 0.5) is 13.6 Å². The summed E-state index contributed by atoms with van der Waals surface area (Å²) in [5, 5.41) is 13.0. The third kappa shape index (κ3) is 5.85. The van der Waals surface area contributed by atoms with Gasteiger partial charge in [-0.3, -0.25) is 0 Å². The number of nitrogens with zero attached hydrogens (tertiary/aromatic N) is 3. The van der Waals surface area contributed by atoms with E-state index in [-0.39, 0.29) is 29.8 Å². The van der Waals surface area contributed by atoms with Crippen LogP contribution in [0.25, 0.3) is 11.4 Å². The van der Waals surface area contributed by atoms with E-state index in [0.717, 1.165) is 6.20 Å². The smallest absolute Gasteiger partial charge is 0.404 e. The SMILES string of the molecule is NC(=O)O[C@H](CO)Cc1nc(-c2ccc(Oc3ccc(OC(F)F)cn3)cc2)no1. The second-order valence-electron chi connectivity index (χ2n) is 5.79. The summed E-state index contributed by atoms with van der Waals surface area (Å²) >= 11 is 0. The largest absolute Gasteiger partial charge is 0.443 e. The maximum absolute atomic E-state index is 12.1. The summed E-state index contributed by atoms with van der Waals surface area (Å²) in [6, 6.07) is 9.30. The number of amides is 1. The lowest BCUT2D eigenvalue weighted by Gasteiger charge is -2.10. The number of halogens is 2. The van der Waals surface area contributed by atoms with E-state index in [2.05, 4.69) is 19.9 Å². The first-order valence-corrected chi connectivity index (χ1v) is 8.51. The van der Waals surface area contributed by atoms with E-state index in [0.29, 0.717) is 11.3 Å². The highest BCUT2D eigenvalue weighted by atomic mass is 19.3. The van der Waals surface area contributed by atoms with E-state index in [4.69, 9.17) is 19.7 Å². The fraction of sp³-hybridized carbons (Fsp3) is 0.222. The number of pyridine rings is 1. The highest BCUT2D eigenvalue weighted by molar-refractivity contribution is 5.64. The van der Waals surface area contributed by atoms with E-state index in [1.54, 1.807) is 24.3 Å². The third-order valence-corrected chi connectivity index (χ3v) is 3.63. The average molecular weight is 422 g/mol. The Morgan fingerprint density at radius 1 is 1.17 bits per heavy atom. The minimum Gasteiger partial charge on any atom is -0.443 e. The molecule has 0 saturated heterocycles. The predicted octanol–water partition coefficient (Wildman–Crippen LogP) is 2.52. The molecule has 2 aromatic heterocycles. The number of alkyl halides is 2. The van der Waals surface area contributed by atoms with Gasteiger partial charge >= 0.3 is 12.7 Å². The topological polar surface area (TPSA) is 143 Å². The number of carbonyl (C=O) groups excluding carboxylic acids is 1. The molecule has 10 nitrogen and oxygen atoms in total. The van der Waals surface area contributed by atoms with Crippen molar-refractivity contribution in [3.05, 3.63) is 48.5 Å². The number of aliphatic hydroxyl groups is 1. The summed E-state index contributed by atoms with van der Waals surface area (Å²) < 4.78 is 43.8. The molecule has 1 aromatic carbocycles. The molecule has 0 saturated carbocycles. The minimum atomic E-state index is -2.93. The Morgan fingerprint density at radius 3 is 2.50 bits per heavy atom. The Hall–Kier alpha value is -3.80. The molecule has 0 bridgehead atoms. The maximum Gasteiger partial charge on any atom is 0.404 e. The number of primary amides is 1. The average Bonchev–Trinajstić information content (AvgIpc) is 3.17. The van der Waals surface area contributed by atoms with Crippen molar-refractivity contribution in [3.8, 4) is 28.8 Å². The number of aliphatic hydroxyl groups excluding tert-OH is 1. The molecule has 1 amide bonds. The van der Waals surface area contributed by atoms with Gasteiger partial charge in [-0.05, 0) is 30.3 Å². The van der Waals surface area contributed by atoms with Crippen LogP contribution in [0, 0.1) is 0 Å². The molecule has 158 valence electrons. The van der Waals surface area contributed by atoms with Gasteiger partial charge in [0.2, 0.25) is 17.6 Å². The molecule has 0 unspecified atom stereocenters. The molecule has 3 rings (SSSR count). The lowest BCUT2D eigenvalue weighted by Crippen LogP contribution is -2.27. The second kappa shape index (κ2) is 9.60. The predicted molar refractivity (Wildman–Crippen MR) is 95.9 cm³/mol. The molecule has 0 radical (unpaired) electrons. The van der Waals surface area contributed by atoms with Gasteiger partial charge in [0.25, 0.3) is 0 Å². The lowest BCUT2D eigenvalue weighted by molar-refractivity contribution is -0.0501. The Kier molecular flexibility index (Phi) is 6.70. The van der Waals surface area contributed by atoms with Crippen LogP contribution in [0.1, 0.15) is 5.89 Å². The Morgan fingerprint density at radius 2 is 1.90 bits per heavy atom. The lowest BCUT2D eigenvalue weighted by atomic mass is 10.2. The molecule has 1 atom stereocenters. The zero-order valence-electron chi connectivity index (χ0n) is 15.3. The van der Waals surface area contributed by atoms with E-state index in [9.17, 15) is 18.7 Å². The van der Waals surface area contributed by atoms with Gasteiger partial charge in [0.15, 0.2) is 0 Å². The molecule has 0 aliphatic carbocycles. The van der Waals surface area contributed by atoms with Gasteiger partial charge in [-0.1, -0.05) is 5.16 Å². The molecule has 2 heterocycles. The van der Waals surface area contributed by atoms with Crippen LogP contribution < -0.4 is 15.2 Å². The number of hydrogen-bond acceptors (Lipinski definition) is 9. The van der Waals surface area contributed by atoms with Gasteiger partial charge in [0.05, 0.1) is 19.2 Å². The second-order valence-corrected chi connectivity index (χ2v) is 5.79. The summed E-state index contributed by atoms with van der Waals surface area (Å²) in [7, 11) is 0. The van der Waals surface area contributed by atoms with E-state index in [1.807, 2.05) is 0 Å². The minimum absolute atomic E-state index is 0.00454. The van der Waals surface area contributed by atoms with E-state index < -0.39 is 25.4 Å². The van der Waals surface area contributed by atoms with E-state index >= 15 is 0 Å². The van der Waals surface area contributed by atoms with Gasteiger partial charge in [0.1, 0.15) is 17.6 Å². The number of aromatic nitrogens is 3. The van der Waals surface area contributed by atoms with Gasteiger partial charge < -0.3 is 29.6 Å². The van der Waals surface area contributed by atoms with Crippen LogP contribution in [0.2, 0.25) is 0 Å². The molecule has 0 fully saturated rings. The van der Waals surface area contributed by atoms with Crippen LogP contribution in [0.3, 0.4) is 0 Å². The number of nitrogens with two attached hydrogens (primary N) is 1. The third-order valence-electron chi connectivity index (χ3n) is 3.63. The maximum atomic E-state index is 12.1. The van der Waals surface area contributed by atoms with Crippen molar-refractivity contribution >= 4 is 6.09 Å². The van der Waals surface area contributed by atoms with Gasteiger partial charge in [-0.25, -0.2) is 9.78 Å². The Labute approximate surface area is 168 Å². The summed E-state index contributed by atoms with van der Waals surface area (Å²) in [5.41, 5.74) is 5.54. The first-order chi connectivity index (χ1) is 14.4. The van der Waals surface area contributed by atoms with Crippen LogP contribution in [-0.4, -0.2) is 45.6 Å². The quantitative estimate of drug-likeness (QED) is 0.532. The first kappa shape index (κ1) is 20.9. The zero-order valence-corrected chi connectivity index (χ0v) is 15.3. The van der Waals surface area contributed by atoms with Crippen molar-refractivity contribution in [2.45, 2.75) is 19.1 Å². The molecule has 0 aliphatic rings. The van der Waals surface area contributed by atoms with E-state index in [1.165, 1.54) is 12.1 Å². The Balaban J connectivity index is 1.62. The molecule has 0 aliphatic heterocycles. The van der Waals surface area contributed by atoms with Gasteiger partial charge in [0, 0.05) is 11.6 Å². The standard InChI is InChI=1S/C18H16F2N4O6/c19-17(20)28-12-5-6-14(22-8-12)27-11-3-1-10(2-4-11)16-23-15(30-24-16)7-13(9-25)29-18(21)26/h1-6,8,13,17,25H,7,9H2,(H2,21,26)/t13-/m0/s1. The number of rotatable bonds is 9. The van der Waals surface area contributed by atoms with Crippen molar-refractivity contribution < 1.29 is 37.4 Å². The van der Waals surface area contributed by atoms with Crippen LogP contribution in [-0.2, 0) is 11.2 Å². The zero-order chi connectivity index (χ0) is 21.5. The summed E-state index contributed by atoms with van der Waals surface area (Å²) in [6.45, 7) is -3.38. The number of carbonyl (C=O) groups is 1. The number of hydrogen-bond donors (Lipinski definition) is 2.